The molecule has 0 fully saturated rings. The molecule has 0 spiro atoms. The fourth-order valence-electron chi connectivity index (χ4n) is 3.60. The maximum Gasteiger partial charge on any atom is 0.294 e. The molecule has 5 heteroatoms. The van der Waals surface area contributed by atoms with Crippen molar-refractivity contribution in [1.29, 1.82) is 0 Å². The molecule has 138 valence electrons. The summed E-state index contributed by atoms with van der Waals surface area (Å²) >= 11 is 0. The molecule has 3 aromatic rings. The Bertz CT molecular complexity index is 1010. The molecule has 0 saturated carbocycles. The van der Waals surface area contributed by atoms with Crippen molar-refractivity contribution < 1.29 is 0 Å². The Hall–Kier alpha value is -2.95. The minimum absolute atomic E-state index is 0.100. The molecule has 5 nitrogen and oxygen atoms in total. The summed E-state index contributed by atoms with van der Waals surface area (Å²) in [5.41, 5.74) is 4.00. The van der Waals surface area contributed by atoms with E-state index in [4.69, 9.17) is 0 Å². The van der Waals surface area contributed by atoms with Gasteiger partial charge in [0, 0.05) is 12.7 Å². The maximum absolute atomic E-state index is 13.1. The summed E-state index contributed by atoms with van der Waals surface area (Å²) in [5, 5.41) is 3.27. The van der Waals surface area contributed by atoms with Gasteiger partial charge in [0.1, 0.15) is 0 Å². The second-order valence-electron chi connectivity index (χ2n) is 6.99. The number of hydrogen-bond donors (Lipinski definition) is 1. The molecule has 2 heterocycles. The lowest BCUT2D eigenvalue weighted by Crippen LogP contribution is -2.26. The third-order valence-corrected chi connectivity index (χ3v) is 5.06. The van der Waals surface area contributed by atoms with Gasteiger partial charge in [0.25, 0.3) is 5.56 Å². The van der Waals surface area contributed by atoms with Crippen molar-refractivity contribution in [3.63, 3.8) is 0 Å². The molecule has 1 aliphatic carbocycles. The predicted molar refractivity (Wildman–Crippen MR) is 109 cm³/mol. The van der Waals surface area contributed by atoms with Crippen LogP contribution >= 0.6 is 0 Å². The van der Waals surface area contributed by atoms with E-state index in [-0.39, 0.29) is 5.56 Å². The SMILES string of the molecule is O=c1c(NCCC2=CCCCC2)nc2ccncc2n1Cc1ccccc1. The van der Waals surface area contributed by atoms with Gasteiger partial charge in [-0.05, 0) is 43.7 Å². The van der Waals surface area contributed by atoms with Crippen LogP contribution in [0.1, 0.15) is 37.7 Å². The first-order chi connectivity index (χ1) is 13.3. The van der Waals surface area contributed by atoms with Gasteiger partial charge in [-0.3, -0.25) is 14.3 Å². The molecule has 1 aliphatic rings. The van der Waals surface area contributed by atoms with Crippen LogP contribution in [0.25, 0.3) is 11.0 Å². The van der Waals surface area contributed by atoms with Crippen LogP contribution in [0.15, 0.2) is 65.2 Å². The molecular weight excluding hydrogens is 336 g/mol. The lowest BCUT2D eigenvalue weighted by atomic mass is 9.97. The number of hydrogen-bond acceptors (Lipinski definition) is 4. The molecule has 0 bridgehead atoms. The van der Waals surface area contributed by atoms with Gasteiger partial charge in [-0.1, -0.05) is 42.0 Å². The Morgan fingerprint density at radius 3 is 2.81 bits per heavy atom. The van der Waals surface area contributed by atoms with Crippen LogP contribution in [0.2, 0.25) is 0 Å². The maximum atomic E-state index is 13.1. The molecular formula is C22H24N4O. The summed E-state index contributed by atoms with van der Waals surface area (Å²) < 4.78 is 1.76. The first-order valence-electron chi connectivity index (χ1n) is 9.61. The second kappa shape index (κ2) is 8.16. The molecule has 0 aliphatic heterocycles. The van der Waals surface area contributed by atoms with Crippen molar-refractivity contribution in [2.24, 2.45) is 0 Å². The normalized spacial score (nSPS) is 14.1. The number of pyridine rings is 1. The van der Waals surface area contributed by atoms with E-state index in [2.05, 4.69) is 21.4 Å². The Morgan fingerprint density at radius 1 is 1.11 bits per heavy atom. The van der Waals surface area contributed by atoms with E-state index in [9.17, 15) is 4.79 Å². The van der Waals surface area contributed by atoms with E-state index in [1.165, 1.54) is 31.3 Å². The molecule has 4 rings (SSSR count). The van der Waals surface area contributed by atoms with E-state index >= 15 is 0 Å². The lowest BCUT2D eigenvalue weighted by molar-refractivity contribution is 0.679. The fourth-order valence-corrected chi connectivity index (χ4v) is 3.60. The highest BCUT2D eigenvalue weighted by Gasteiger charge is 2.12. The van der Waals surface area contributed by atoms with E-state index in [0.29, 0.717) is 12.4 Å². The average Bonchev–Trinajstić information content (AvgIpc) is 2.72. The number of anilines is 1. The van der Waals surface area contributed by atoms with E-state index in [0.717, 1.165) is 29.6 Å². The van der Waals surface area contributed by atoms with Gasteiger partial charge in [-0.15, -0.1) is 0 Å². The van der Waals surface area contributed by atoms with Crippen molar-refractivity contribution in [2.75, 3.05) is 11.9 Å². The highest BCUT2D eigenvalue weighted by Crippen LogP contribution is 2.20. The summed E-state index contributed by atoms with van der Waals surface area (Å²) in [6.07, 6.45) is 11.7. The predicted octanol–water partition coefficient (Wildman–Crippen LogP) is 4.14. The quantitative estimate of drug-likeness (QED) is 0.671. The third-order valence-electron chi connectivity index (χ3n) is 5.06. The average molecular weight is 360 g/mol. The van der Waals surface area contributed by atoms with E-state index in [1.54, 1.807) is 17.0 Å². The van der Waals surface area contributed by atoms with Crippen molar-refractivity contribution in [1.82, 2.24) is 14.5 Å². The van der Waals surface area contributed by atoms with Crippen molar-refractivity contribution >= 4 is 16.9 Å². The number of nitrogens with zero attached hydrogens (tertiary/aromatic N) is 3. The van der Waals surface area contributed by atoms with Crippen LogP contribution < -0.4 is 10.9 Å². The zero-order valence-electron chi connectivity index (χ0n) is 15.4. The minimum atomic E-state index is -0.100. The monoisotopic (exact) mass is 360 g/mol. The van der Waals surface area contributed by atoms with Gasteiger partial charge in [0.15, 0.2) is 5.82 Å². The van der Waals surface area contributed by atoms with Gasteiger partial charge in [0.05, 0.1) is 23.8 Å². The summed E-state index contributed by atoms with van der Waals surface area (Å²) in [6, 6.07) is 11.9. The van der Waals surface area contributed by atoms with Crippen LogP contribution in [0, 0.1) is 0 Å². The van der Waals surface area contributed by atoms with Crippen molar-refractivity contribution in [3.8, 4) is 0 Å². The summed E-state index contributed by atoms with van der Waals surface area (Å²) in [4.78, 5) is 21.8. The van der Waals surface area contributed by atoms with Gasteiger partial charge in [-0.2, -0.15) is 0 Å². The van der Waals surface area contributed by atoms with Crippen LogP contribution in [0.5, 0.6) is 0 Å². The van der Waals surface area contributed by atoms with Crippen molar-refractivity contribution in [2.45, 2.75) is 38.6 Å². The van der Waals surface area contributed by atoms with Crippen molar-refractivity contribution in [3.05, 3.63) is 76.4 Å². The Balaban J connectivity index is 1.61. The molecule has 0 radical (unpaired) electrons. The smallest absolute Gasteiger partial charge is 0.294 e. The number of fused-ring (bicyclic) bond motifs is 1. The number of aromatic nitrogens is 3. The Labute approximate surface area is 158 Å². The van der Waals surface area contributed by atoms with Gasteiger partial charge >= 0.3 is 0 Å². The molecule has 1 aromatic carbocycles. The zero-order valence-corrected chi connectivity index (χ0v) is 15.4. The molecule has 0 amide bonds. The van der Waals surface area contributed by atoms with Crippen LogP contribution in [-0.4, -0.2) is 21.1 Å². The van der Waals surface area contributed by atoms with E-state index in [1.807, 2.05) is 36.4 Å². The topological polar surface area (TPSA) is 59.8 Å². The standard InChI is InChI=1S/C22H24N4O/c27-22-21(24-14-11-17-7-3-1-4-8-17)25-19-12-13-23-15-20(19)26(22)16-18-9-5-2-6-10-18/h2,5-7,9-10,12-13,15H,1,3-4,8,11,14,16H2,(H,24,25). The zero-order chi connectivity index (χ0) is 18.5. The first kappa shape index (κ1) is 17.5. The molecule has 0 unspecified atom stereocenters. The minimum Gasteiger partial charge on any atom is -0.365 e. The van der Waals surface area contributed by atoms with Gasteiger partial charge in [-0.25, -0.2) is 4.98 Å². The molecule has 0 atom stereocenters. The molecule has 27 heavy (non-hydrogen) atoms. The van der Waals surface area contributed by atoms with E-state index < -0.39 is 0 Å². The van der Waals surface area contributed by atoms with Gasteiger partial charge < -0.3 is 5.32 Å². The van der Waals surface area contributed by atoms with Crippen LogP contribution in [0.3, 0.4) is 0 Å². The first-order valence-corrected chi connectivity index (χ1v) is 9.61. The Morgan fingerprint density at radius 2 is 2.00 bits per heavy atom. The molecule has 0 saturated heterocycles. The van der Waals surface area contributed by atoms with Gasteiger partial charge in [0.2, 0.25) is 0 Å². The summed E-state index contributed by atoms with van der Waals surface area (Å²) in [6.45, 7) is 1.24. The molecule has 2 aromatic heterocycles. The Kier molecular flexibility index (Phi) is 5.28. The lowest BCUT2D eigenvalue weighted by Gasteiger charge is -2.15. The highest BCUT2D eigenvalue weighted by molar-refractivity contribution is 5.75. The van der Waals surface area contributed by atoms with Crippen LogP contribution in [-0.2, 0) is 6.54 Å². The largest absolute Gasteiger partial charge is 0.365 e. The summed E-state index contributed by atoms with van der Waals surface area (Å²) in [7, 11) is 0. The molecule has 1 N–H and O–H groups in total. The number of nitrogens with one attached hydrogen (secondary N) is 1. The number of rotatable bonds is 6. The second-order valence-corrected chi connectivity index (χ2v) is 6.99. The third kappa shape index (κ3) is 4.08. The fraction of sp³-hybridized carbons (Fsp3) is 0.318. The highest BCUT2D eigenvalue weighted by atomic mass is 16.1. The summed E-state index contributed by atoms with van der Waals surface area (Å²) in [5.74, 6) is 0.418. The number of allylic oxidation sites excluding steroid dienone is 1. The van der Waals surface area contributed by atoms with Crippen LogP contribution in [0.4, 0.5) is 5.82 Å². The number of benzene rings is 1.